The van der Waals surface area contributed by atoms with E-state index in [4.69, 9.17) is 22.1 Å². The van der Waals surface area contributed by atoms with Crippen LogP contribution < -0.4 is 11.1 Å². The monoisotopic (exact) mass is 411 g/mol. The Morgan fingerprint density at radius 3 is 2.64 bits per heavy atom. The minimum absolute atomic E-state index is 0. The van der Waals surface area contributed by atoms with E-state index < -0.39 is 0 Å². The van der Waals surface area contributed by atoms with Gasteiger partial charge < -0.3 is 15.8 Å². The lowest BCUT2D eigenvalue weighted by Crippen LogP contribution is -2.43. The molecule has 1 fully saturated rings. The van der Waals surface area contributed by atoms with Crippen LogP contribution in [0.5, 0.6) is 0 Å². The van der Waals surface area contributed by atoms with E-state index in [0.29, 0.717) is 24.4 Å². The molecular formula is C17H28Cl3N3O2. The third-order valence-electron chi connectivity index (χ3n) is 4.04. The van der Waals surface area contributed by atoms with Crippen LogP contribution in [0.1, 0.15) is 31.4 Å². The van der Waals surface area contributed by atoms with Crippen LogP contribution in [-0.2, 0) is 9.53 Å². The van der Waals surface area contributed by atoms with Crippen molar-refractivity contribution in [3.05, 3.63) is 34.9 Å². The molecule has 1 aliphatic heterocycles. The van der Waals surface area contributed by atoms with Gasteiger partial charge in [0.1, 0.15) is 0 Å². The van der Waals surface area contributed by atoms with Gasteiger partial charge in [0.2, 0.25) is 5.91 Å². The maximum Gasteiger partial charge on any atom is 0.220 e. The fourth-order valence-corrected chi connectivity index (χ4v) is 2.92. The largest absolute Gasteiger partial charge is 0.379 e. The van der Waals surface area contributed by atoms with Crippen LogP contribution in [-0.4, -0.2) is 49.7 Å². The predicted molar refractivity (Wildman–Crippen MR) is 107 cm³/mol. The topological polar surface area (TPSA) is 67.6 Å². The Morgan fingerprint density at radius 2 is 2.04 bits per heavy atom. The molecule has 1 saturated heterocycles. The van der Waals surface area contributed by atoms with E-state index in [9.17, 15) is 4.79 Å². The highest BCUT2D eigenvalue weighted by atomic mass is 35.5. The summed E-state index contributed by atoms with van der Waals surface area (Å²) in [6.45, 7) is 5.62. The van der Waals surface area contributed by atoms with Gasteiger partial charge in [0.15, 0.2) is 0 Å². The van der Waals surface area contributed by atoms with Gasteiger partial charge in [-0.15, -0.1) is 24.8 Å². The molecule has 0 aliphatic carbocycles. The second kappa shape index (κ2) is 12.7. The molecule has 1 aromatic carbocycles. The molecule has 2 rings (SSSR count). The summed E-state index contributed by atoms with van der Waals surface area (Å²) in [5.41, 5.74) is 6.82. The number of carbonyl (C=O) groups is 1. The summed E-state index contributed by atoms with van der Waals surface area (Å²) in [6, 6.07) is 7.99. The van der Waals surface area contributed by atoms with Crippen molar-refractivity contribution in [2.24, 2.45) is 5.73 Å². The summed E-state index contributed by atoms with van der Waals surface area (Å²) in [5, 5.41) is 3.75. The summed E-state index contributed by atoms with van der Waals surface area (Å²) in [7, 11) is 0. The zero-order valence-electron chi connectivity index (χ0n) is 14.4. The number of morpholine rings is 1. The molecule has 144 valence electrons. The van der Waals surface area contributed by atoms with Crippen LogP contribution in [0.4, 0.5) is 0 Å². The van der Waals surface area contributed by atoms with Crippen LogP contribution in [0.15, 0.2) is 24.3 Å². The van der Waals surface area contributed by atoms with E-state index in [1.807, 2.05) is 25.1 Å². The van der Waals surface area contributed by atoms with Gasteiger partial charge >= 0.3 is 0 Å². The molecule has 0 aromatic heterocycles. The van der Waals surface area contributed by atoms with E-state index in [-0.39, 0.29) is 42.8 Å². The van der Waals surface area contributed by atoms with E-state index in [1.54, 1.807) is 0 Å². The van der Waals surface area contributed by atoms with Crippen LogP contribution in [0.2, 0.25) is 5.02 Å². The van der Waals surface area contributed by atoms with Gasteiger partial charge in [0.05, 0.1) is 19.3 Å². The number of nitrogens with zero attached hydrogens (tertiary/aromatic N) is 1. The molecule has 0 radical (unpaired) electrons. The molecule has 1 aliphatic rings. The Morgan fingerprint density at radius 1 is 1.36 bits per heavy atom. The van der Waals surface area contributed by atoms with Gasteiger partial charge in [-0.25, -0.2) is 0 Å². The molecule has 8 heteroatoms. The standard InChI is InChI=1S/C17H26ClN3O2.2ClH/c1-13(19)5-6-17(22)20-12-16(21-7-9-23-10-8-21)14-3-2-4-15(18)11-14;;/h2-4,11,13,16H,5-10,12,19H2,1H3,(H,20,22);2*1H. The molecule has 1 aromatic rings. The quantitative estimate of drug-likeness (QED) is 0.722. The number of nitrogens with two attached hydrogens (primary N) is 1. The Bertz CT molecular complexity index is 512. The van der Waals surface area contributed by atoms with Crippen molar-refractivity contribution in [3.8, 4) is 0 Å². The molecule has 0 saturated carbocycles. The average Bonchev–Trinajstić information content (AvgIpc) is 2.54. The fraction of sp³-hybridized carbons (Fsp3) is 0.588. The molecule has 1 amide bonds. The molecule has 0 spiro atoms. The lowest BCUT2D eigenvalue weighted by molar-refractivity contribution is -0.121. The van der Waals surface area contributed by atoms with Crippen LogP contribution in [0.3, 0.4) is 0 Å². The molecule has 25 heavy (non-hydrogen) atoms. The SMILES string of the molecule is CC(N)CCC(=O)NCC(c1cccc(Cl)c1)N1CCOCC1.Cl.Cl. The number of nitrogens with one attached hydrogen (secondary N) is 1. The molecule has 2 unspecified atom stereocenters. The van der Waals surface area contributed by atoms with Crippen molar-refractivity contribution in [2.45, 2.75) is 31.8 Å². The smallest absolute Gasteiger partial charge is 0.220 e. The number of ether oxygens (including phenoxy) is 1. The second-order valence-corrected chi connectivity index (χ2v) is 6.48. The second-order valence-electron chi connectivity index (χ2n) is 6.04. The number of benzene rings is 1. The molecule has 5 nitrogen and oxygen atoms in total. The average molecular weight is 413 g/mol. The first-order valence-corrected chi connectivity index (χ1v) is 8.53. The minimum atomic E-state index is 0. The third-order valence-corrected chi connectivity index (χ3v) is 4.27. The molecule has 1 heterocycles. The number of carbonyl (C=O) groups excluding carboxylic acids is 1. The maximum atomic E-state index is 12.0. The van der Waals surface area contributed by atoms with Crippen molar-refractivity contribution < 1.29 is 9.53 Å². The molecule has 3 N–H and O–H groups in total. The first-order valence-electron chi connectivity index (χ1n) is 8.16. The lowest BCUT2D eigenvalue weighted by atomic mass is 10.0. The van der Waals surface area contributed by atoms with E-state index in [2.05, 4.69) is 16.3 Å². The van der Waals surface area contributed by atoms with Gasteiger partial charge in [0, 0.05) is 37.1 Å². The van der Waals surface area contributed by atoms with Crippen molar-refractivity contribution in [2.75, 3.05) is 32.8 Å². The Balaban J connectivity index is 0.00000288. The summed E-state index contributed by atoms with van der Waals surface area (Å²) in [5.74, 6) is 0.0441. The zero-order chi connectivity index (χ0) is 16.7. The molecule has 0 bridgehead atoms. The van der Waals surface area contributed by atoms with Crippen molar-refractivity contribution in [3.63, 3.8) is 0 Å². The van der Waals surface area contributed by atoms with Crippen LogP contribution >= 0.6 is 36.4 Å². The van der Waals surface area contributed by atoms with Crippen LogP contribution in [0.25, 0.3) is 0 Å². The zero-order valence-corrected chi connectivity index (χ0v) is 16.8. The Kier molecular flexibility index (Phi) is 12.5. The van der Waals surface area contributed by atoms with Crippen LogP contribution in [0, 0.1) is 0 Å². The first-order chi connectivity index (χ1) is 11.1. The highest BCUT2D eigenvalue weighted by Gasteiger charge is 2.23. The number of halogens is 3. The molecular weight excluding hydrogens is 385 g/mol. The van der Waals surface area contributed by atoms with E-state index in [1.165, 1.54) is 0 Å². The summed E-state index contributed by atoms with van der Waals surface area (Å²) in [4.78, 5) is 14.3. The van der Waals surface area contributed by atoms with Gasteiger partial charge in [-0.3, -0.25) is 9.69 Å². The van der Waals surface area contributed by atoms with Crippen molar-refractivity contribution in [1.82, 2.24) is 10.2 Å². The molecule has 2 atom stereocenters. The van der Waals surface area contributed by atoms with Crippen molar-refractivity contribution >= 4 is 42.3 Å². The number of hydrogen-bond acceptors (Lipinski definition) is 4. The third kappa shape index (κ3) is 8.58. The fourth-order valence-electron chi connectivity index (χ4n) is 2.72. The maximum absolute atomic E-state index is 12.0. The summed E-state index contributed by atoms with van der Waals surface area (Å²) < 4.78 is 5.43. The van der Waals surface area contributed by atoms with Gasteiger partial charge in [-0.1, -0.05) is 23.7 Å². The summed E-state index contributed by atoms with van der Waals surface area (Å²) in [6.07, 6.45) is 1.16. The van der Waals surface area contributed by atoms with Crippen molar-refractivity contribution in [1.29, 1.82) is 0 Å². The minimum Gasteiger partial charge on any atom is -0.379 e. The number of rotatable bonds is 7. The first kappa shape index (κ1) is 24.4. The number of hydrogen-bond donors (Lipinski definition) is 2. The van der Waals surface area contributed by atoms with Gasteiger partial charge in [-0.2, -0.15) is 0 Å². The number of amides is 1. The summed E-state index contributed by atoms with van der Waals surface area (Å²) >= 11 is 6.13. The van der Waals surface area contributed by atoms with Gasteiger partial charge in [-0.05, 0) is 31.0 Å². The highest BCUT2D eigenvalue weighted by molar-refractivity contribution is 6.30. The highest BCUT2D eigenvalue weighted by Crippen LogP contribution is 2.24. The van der Waals surface area contributed by atoms with E-state index in [0.717, 1.165) is 31.9 Å². The van der Waals surface area contributed by atoms with Gasteiger partial charge in [0.25, 0.3) is 0 Å². The Labute approximate surface area is 167 Å². The van der Waals surface area contributed by atoms with E-state index >= 15 is 0 Å². The lowest BCUT2D eigenvalue weighted by Gasteiger charge is -2.35. The predicted octanol–water partition coefficient (Wildman–Crippen LogP) is 2.80. The normalized spacial score (nSPS) is 16.9. The Hall–Kier alpha value is -0.560.